The van der Waals surface area contributed by atoms with Crippen molar-refractivity contribution in [2.75, 3.05) is 0 Å². The third-order valence-corrected chi connectivity index (χ3v) is 2.05. The molecule has 0 aliphatic rings. The van der Waals surface area contributed by atoms with Crippen molar-refractivity contribution in [2.45, 2.75) is 58.8 Å². The maximum Gasteiger partial charge on any atom is 0.307 e. The molecule has 0 aliphatic heterocycles. The number of allylic oxidation sites excluding steroid dienone is 1. The number of rotatable bonds is 8. The molecule has 0 amide bonds. The van der Waals surface area contributed by atoms with Gasteiger partial charge in [0, 0.05) is 6.92 Å². The number of ether oxygens (including phenoxy) is 1. The fourth-order valence-corrected chi connectivity index (χ4v) is 1.25. The zero-order chi connectivity index (χ0) is 10.6. The maximum atomic E-state index is 10.4. The summed E-state index contributed by atoms with van der Waals surface area (Å²) in [4.78, 5) is 10.4. The minimum atomic E-state index is -0.246. The minimum absolute atomic E-state index is 0.246. The van der Waals surface area contributed by atoms with Crippen LogP contribution in [0.3, 0.4) is 0 Å². The molecule has 0 N–H and O–H groups in total. The number of carbonyl (C=O) groups is 1. The Morgan fingerprint density at radius 1 is 1.14 bits per heavy atom. The Labute approximate surface area is 87.3 Å². The first-order chi connectivity index (χ1) is 6.77. The van der Waals surface area contributed by atoms with Crippen molar-refractivity contribution in [1.29, 1.82) is 0 Å². The molecule has 0 heterocycles. The average molecular weight is 198 g/mol. The van der Waals surface area contributed by atoms with E-state index in [9.17, 15) is 4.79 Å². The summed E-state index contributed by atoms with van der Waals surface area (Å²) in [6, 6.07) is 0. The molecule has 0 aromatic heterocycles. The highest BCUT2D eigenvalue weighted by Gasteiger charge is 1.88. The Bertz CT molecular complexity index is 162. The number of carbonyl (C=O) groups excluding carboxylic acids is 1. The zero-order valence-corrected chi connectivity index (χ0v) is 9.42. The number of esters is 1. The summed E-state index contributed by atoms with van der Waals surface area (Å²) >= 11 is 0. The van der Waals surface area contributed by atoms with Gasteiger partial charge in [-0.3, -0.25) is 4.79 Å². The molecule has 0 saturated heterocycles. The van der Waals surface area contributed by atoms with Gasteiger partial charge in [-0.15, -0.1) is 0 Å². The van der Waals surface area contributed by atoms with Gasteiger partial charge >= 0.3 is 5.97 Å². The number of hydrogen-bond donors (Lipinski definition) is 0. The van der Waals surface area contributed by atoms with Crippen LogP contribution in [0.4, 0.5) is 0 Å². The van der Waals surface area contributed by atoms with Gasteiger partial charge in [-0.05, 0) is 18.9 Å². The third-order valence-electron chi connectivity index (χ3n) is 2.05. The normalized spacial score (nSPS) is 10.7. The lowest BCUT2D eigenvalue weighted by Gasteiger charge is -1.97. The van der Waals surface area contributed by atoms with Gasteiger partial charge < -0.3 is 4.74 Å². The Morgan fingerprint density at radius 2 is 1.79 bits per heavy atom. The second kappa shape index (κ2) is 10.3. The molecule has 0 radical (unpaired) electrons. The molecule has 2 heteroatoms. The fraction of sp³-hybridized carbons (Fsp3) is 0.750. The SMILES string of the molecule is CCCCCCCCC=COC(C)=O. The number of unbranched alkanes of at least 4 members (excludes halogenated alkanes) is 6. The van der Waals surface area contributed by atoms with E-state index in [1.165, 1.54) is 51.7 Å². The summed E-state index contributed by atoms with van der Waals surface area (Å²) < 4.78 is 4.67. The molecule has 2 nitrogen and oxygen atoms in total. The van der Waals surface area contributed by atoms with Crippen LogP contribution in [0.5, 0.6) is 0 Å². The summed E-state index contributed by atoms with van der Waals surface area (Å²) in [5, 5.41) is 0. The monoisotopic (exact) mass is 198 g/mol. The van der Waals surface area contributed by atoms with Crippen molar-refractivity contribution < 1.29 is 9.53 Å². The highest BCUT2D eigenvalue weighted by molar-refractivity contribution is 5.66. The first-order valence-electron chi connectivity index (χ1n) is 5.59. The standard InChI is InChI=1S/C12H22O2/c1-3-4-5-6-7-8-9-10-11-14-12(2)13/h10-11H,3-9H2,1-2H3. The van der Waals surface area contributed by atoms with Crippen molar-refractivity contribution in [1.82, 2.24) is 0 Å². The Hall–Kier alpha value is -0.790. The average Bonchev–Trinajstić information content (AvgIpc) is 2.15. The van der Waals surface area contributed by atoms with E-state index in [-0.39, 0.29) is 5.97 Å². The first kappa shape index (κ1) is 13.2. The molecular formula is C12H22O2. The molecule has 0 bridgehead atoms. The van der Waals surface area contributed by atoms with Crippen molar-refractivity contribution in [3.8, 4) is 0 Å². The molecule has 0 aliphatic carbocycles. The minimum Gasteiger partial charge on any atom is -0.435 e. The highest BCUT2D eigenvalue weighted by atomic mass is 16.5. The molecule has 0 aromatic rings. The Morgan fingerprint density at radius 3 is 2.43 bits per heavy atom. The van der Waals surface area contributed by atoms with E-state index in [1.807, 2.05) is 6.08 Å². The van der Waals surface area contributed by atoms with E-state index in [4.69, 9.17) is 0 Å². The van der Waals surface area contributed by atoms with Gasteiger partial charge in [0.25, 0.3) is 0 Å². The van der Waals surface area contributed by atoms with E-state index in [2.05, 4.69) is 11.7 Å². The summed E-state index contributed by atoms with van der Waals surface area (Å²) in [6.45, 7) is 3.64. The van der Waals surface area contributed by atoms with E-state index in [1.54, 1.807) is 0 Å². The smallest absolute Gasteiger partial charge is 0.307 e. The number of hydrogen-bond acceptors (Lipinski definition) is 2. The summed E-state index contributed by atoms with van der Waals surface area (Å²) in [6.07, 6.45) is 12.2. The van der Waals surface area contributed by atoms with Gasteiger partial charge in [0.1, 0.15) is 0 Å². The lowest BCUT2D eigenvalue weighted by Crippen LogP contribution is -1.89. The lowest BCUT2D eigenvalue weighted by atomic mass is 10.1. The fourth-order valence-electron chi connectivity index (χ4n) is 1.25. The first-order valence-corrected chi connectivity index (χ1v) is 5.59. The molecule has 0 saturated carbocycles. The molecular weight excluding hydrogens is 176 g/mol. The second-order valence-corrected chi connectivity index (χ2v) is 3.54. The summed E-state index contributed by atoms with van der Waals surface area (Å²) in [5.74, 6) is -0.246. The van der Waals surface area contributed by atoms with Gasteiger partial charge in [0.15, 0.2) is 0 Å². The molecule has 0 unspecified atom stereocenters. The van der Waals surface area contributed by atoms with Gasteiger partial charge in [-0.1, -0.05) is 39.0 Å². The highest BCUT2D eigenvalue weighted by Crippen LogP contribution is 2.06. The van der Waals surface area contributed by atoms with Crippen molar-refractivity contribution >= 4 is 5.97 Å². The molecule has 0 atom stereocenters. The van der Waals surface area contributed by atoms with Crippen molar-refractivity contribution in [2.24, 2.45) is 0 Å². The van der Waals surface area contributed by atoms with Crippen LogP contribution in [-0.2, 0) is 9.53 Å². The van der Waals surface area contributed by atoms with Crippen LogP contribution in [0.25, 0.3) is 0 Å². The molecule has 0 spiro atoms. The van der Waals surface area contributed by atoms with Crippen LogP contribution in [0.15, 0.2) is 12.3 Å². The van der Waals surface area contributed by atoms with Crippen LogP contribution in [0, 0.1) is 0 Å². The molecule has 82 valence electrons. The van der Waals surface area contributed by atoms with Crippen LogP contribution >= 0.6 is 0 Å². The Balaban J connectivity index is 3.05. The zero-order valence-electron chi connectivity index (χ0n) is 9.42. The van der Waals surface area contributed by atoms with Crippen LogP contribution in [0.1, 0.15) is 58.8 Å². The van der Waals surface area contributed by atoms with Gasteiger partial charge in [-0.2, -0.15) is 0 Å². The van der Waals surface area contributed by atoms with E-state index in [0.29, 0.717) is 0 Å². The lowest BCUT2D eigenvalue weighted by molar-refractivity contribution is -0.135. The second-order valence-electron chi connectivity index (χ2n) is 3.54. The van der Waals surface area contributed by atoms with Crippen LogP contribution < -0.4 is 0 Å². The molecule has 14 heavy (non-hydrogen) atoms. The van der Waals surface area contributed by atoms with Crippen LogP contribution in [-0.4, -0.2) is 5.97 Å². The van der Waals surface area contributed by atoms with Gasteiger partial charge in [0.05, 0.1) is 6.26 Å². The van der Waals surface area contributed by atoms with E-state index < -0.39 is 0 Å². The quantitative estimate of drug-likeness (QED) is 0.337. The third kappa shape index (κ3) is 11.2. The van der Waals surface area contributed by atoms with E-state index in [0.717, 1.165) is 6.42 Å². The Kier molecular flexibility index (Phi) is 9.71. The largest absolute Gasteiger partial charge is 0.435 e. The molecule has 0 rings (SSSR count). The van der Waals surface area contributed by atoms with Gasteiger partial charge in [-0.25, -0.2) is 0 Å². The molecule has 0 aromatic carbocycles. The van der Waals surface area contributed by atoms with E-state index >= 15 is 0 Å². The van der Waals surface area contributed by atoms with Gasteiger partial charge in [0.2, 0.25) is 0 Å². The van der Waals surface area contributed by atoms with Crippen molar-refractivity contribution in [3.05, 3.63) is 12.3 Å². The maximum absolute atomic E-state index is 10.4. The van der Waals surface area contributed by atoms with Crippen molar-refractivity contribution in [3.63, 3.8) is 0 Å². The molecule has 0 fully saturated rings. The summed E-state index contributed by atoms with van der Waals surface area (Å²) in [5.41, 5.74) is 0. The predicted molar refractivity (Wildman–Crippen MR) is 58.9 cm³/mol. The summed E-state index contributed by atoms with van der Waals surface area (Å²) in [7, 11) is 0. The van der Waals surface area contributed by atoms with Crippen LogP contribution in [0.2, 0.25) is 0 Å². The topological polar surface area (TPSA) is 26.3 Å². The predicted octanol–water partition coefficient (Wildman–Crippen LogP) is 3.81.